The zero-order chi connectivity index (χ0) is 36.4. The lowest BCUT2D eigenvalue weighted by Crippen LogP contribution is -2.38. The van der Waals surface area contributed by atoms with Crippen molar-refractivity contribution in [3.8, 4) is 17.1 Å². The van der Waals surface area contributed by atoms with Gasteiger partial charge in [-0.05, 0) is 70.2 Å². The van der Waals surface area contributed by atoms with E-state index >= 15 is 0 Å². The Morgan fingerprint density at radius 1 is 0.725 bits per heavy atom. The summed E-state index contributed by atoms with van der Waals surface area (Å²) in [4.78, 5) is 39.2. The number of rotatable bonds is 22. The van der Waals surface area contributed by atoms with Gasteiger partial charge in [-0.25, -0.2) is 4.79 Å². The number of fused-ring (bicyclic) bond motifs is 1. The van der Waals surface area contributed by atoms with Crippen LogP contribution in [0.5, 0.6) is 5.75 Å². The first-order chi connectivity index (χ1) is 25.0. The van der Waals surface area contributed by atoms with Crippen molar-refractivity contribution < 1.29 is 18.7 Å². The molecule has 0 aliphatic heterocycles. The fraction of sp³-hybridized carbons (Fsp3) is 0.326. The van der Waals surface area contributed by atoms with E-state index in [0.29, 0.717) is 55.8 Å². The first-order valence-corrected chi connectivity index (χ1v) is 17.9. The van der Waals surface area contributed by atoms with E-state index in [-0.39, 0.29) is 17.1 Å². The van der Waals surface area contributed by atoms with E-state index in [1.54, 1.807) is 12.1 Å². The standard InChI is InChI=1S/C43H53N3O5/c1-3-4-5-6-7-8-9-10-11-12-13-14-15-16-17-18-19-20-24-27-42(48)44-30-32-46(2)33-31-45-43(49)50-37-28-29-40-38(34-37)39(47)35-41(51-40)36-25-22-21-23-26-36/h4-5,7-8,10-11,13-14,16-17,19-23,25-26,28-29,34-35H,3,6,9,12,15,18,24,27,30-33H2,1-2H3,(H,44,48)(H,45,49)/b5-4+,8-7+,11-10+,14-13+,17-16+,20-19+. The van der Waals surface area contributed by atoms with Gasteiger partial charge >= 0.3 is 6.09 Å². The quantitative estimate of drug-likeness (QED) is 0.102. The topological polar surface area (TPSA) is 101 Å². The van der Waals surface area contributed by atoms with Gasteiger partial charge in [0.1, 0.15) is 17.1 Å². The number of nitrogens with zero attached hydrogens (tertiary/aromatic N) is 1. The Morgan fingerprint density at radius 2 is 1.29 bits per heavy atom. The zero-order valence-electron chi connectivity index (χ0n) is 30.1. The second-order valence-corrected chi connectivity index (χ2v) is 11.9. The van der Waals surface area contributed by atoms with E-state index in [1.165, 1.54) is 12.1 Å². The average molecular weight is 692 g/mol. The van der Waals surface area contributed by atoms with Gasteiger partial charge in [0, 0.05) is 44.2 Å². The van der Waals surface area contributed by atoms with E-state index < -0.39 is 6.09 Å². The lowest BCUT2D eigenvalue weighted by Gasteiger charge is -2.17. The maximum absolute atomic E-state index is 12.7. The molecule has 0 atom stereocenters. The van der Waals surface area contributed by atoms with Crippen LogP contribution in [-0.4, -0.2) is 50.1 Å². The van der Waals surface area contributed by atoms with Crippen molar-refractivity contribution in [3.05, 3.63) is 138 Å². The van der Waals surface area contributed by atoms with Gasteiger partial charge in [-0.3, -0.25) is 9.59 Å². The number of nitrogens with one attached hydrogen (secondary N) is 2. The molecule has 2 aromatic carbocycles. The van der Waals surface area contributed by atoms with Gasteiger partial charge in [-0.15, -0.1) is 0 Å². The molecule has 1 aromatic heterocycles. The number of hydrogen-bond acceptors (Lipinski definition) is 6. The number of allylic oxidation sites excluding steroid dienone is 12. The molecule has 3 aromatic rings. The maximum Gasteiger partial charge on any atom is 0.412 e. The number of carbonyl (C=O) groups is 2. The van der Waals surface area contributed by atoms with E-state index in [1.807, 2.05) is 48.4 Å². The number of ether oxygens (including phenoxy) is 1. The normalized spacial score (nSPS) is 12.2. The molecule has 2 amide bonds. The van der Waals surface area contributed by atoms with Gasteiger partial charge in [0.2, 0.25) is 5.91 Å². The van der Waals surface area contributed by atoms with Crippen molar-refractivity contribution in [1.82, 2.24) is 15.5 Å². The second-order valence-electron chi connectivity index (χ2n) is 11.9. The Balaban J connectivity index is 1.19. The minimum atomic E-state index is -0.615. The van der Waals surface area contributed by atoms with Crippen molar-refractivity contribution in [2.24, 2.45) is 0 Å². The molecule has 0 aliphatic rings. The third kappa shape index (κ3) is 17.3. The molecule has 0 spiro atoms. The van der Waals surface area contributed by atoms with E-state index in [9.17, 15) is 14.4 Å². The Hall–Kier alpha value is -5.21. The van der Waals surface area contributed by atoms with Gasteiger partial charge < -0.3 is 24.7 Å². The van der Waals surface area contributed by atoms with Crippen LogP contribution in [0, 0.1) is 0 Å². The molecule has 51 heavy (non-hydrogen) atoms. The molecule has 270 valence electrons. The molecule has 1 heterocycles. The molecule has 8 nitrogen and oxygen atoms in total. The summed E-state index contributed by atoms with van der Waals surface area (Å²) in [7, 11) is 1.92. The molecular formula is C43H53N3O5. The van der Waals surface area contributed by atoms with Crippen molar-refractivity contribution in [3.63, 3.8) is 0 Å². The summed E-state index contributed by atoms with van der Waals surface area (Å²) < 4.78 is 11.3. The number of amides is 2. The van der Waals surface area contributed by atoms with Crippen molar-refractivity contribution in [1.29, 1.82) is 0 Å². The Kier molecular flexibility index (Phi) is 19.6. The zero-order valence-corrected chi connectivity index (χ0v) is 30.1. The van der Waals surface area contributed by atoms with E-state index in [2.05, 4.69) is 84.4 Å². The SMILES string of the molecule is CC/C=C/C/C=C/C/C=C/C/C=C/C/C=C/C/C=C/CCC(=O)NCCN(C)CCNC(=O)Oc1ccc2oc(-c3ccccc3)cc(=O)c2c1. The highest BCUT2D eigenvalue weighted by atomic mass is 16.6. The molecular weight excluding hydrogens is 638 g/mol. The first kappa shape index (κ1) is 40.2. The van der Waals surface area contributed by atoms with Crippen molar-refractivity contribution in [2.75, 3.05) is 33.2 Å². The Labute approximate surface area is 303 Å². The molecule has 0 aliphatic carbocycles. The minimum Gasteiger partial charge on any atom is -0.456 e. The van der Waals surface area contributed by atoms with Gasteiger partial charge in [0.15, 0.2) is 5.43 Å². The van der Waals surface area contributed by atoms with Crippen LogP contribution in [0.4, 0.5) is 4.79 Å². The summed E-state index contributed by atoms with van der Waals surface area (Å²) in [6, 6.07) is 15.5. The monoisotopic (exact) mass is 691 g/mol. The molecule has 0 saturated heterocycles. The third-order valence-corrected chi connectivity index (χ3v) is 7.68. The Bertz CT molecular complexity index is 1720. The van der Waals surface area contributed by atoms with E-state index in [0.717, 1.165) is 44.1 Å². The van der Waals surface area contributed by atoms with Crippen LogP contribution in [0.1, 0.15) is 58.3 Å². The van der Waals surface area contributed by atoms with Crippen LogP contribution >= 0.6 is 0 Å². The van der Waals surface area contributed by atoms with Crippen LogP contribution in [0.25, 0.3) is 22.3 Å². The van der Waals surface area contributed by atoms with Crippen LogP contribution in [0.3, 0.4) is 0 Å². The van der Waals surface area contributed by atoms with Crippen LogP contribution in [0.15, 0.2) is 137 Å². The summed E-state index contributed by atoms with van der Waals surface area (Å²) in [5.41, 5.74) is 1.00. The highest BCUT2D eigenvalue weighted by Gasteiger charge is 2.11. The summed E-state index contributed by atoms with van der Waals surface area (Å²) in [5.74, 6) is 0.745. The van der Waals surface area contributed by atoms with Gasteiger partial charge in [-0.1, -0.05) is 110 Å². The number of hydrogen-bond donors (Lipinski definition) is 2. The van der Waals surface area contributed by atoms with Crippen LogP contribution in [0.2, 0.25) is 0 Å². The third-order valence-electron chi connectivity index (χ3n) is 7.68. The molecule has 0 radical (unpaired) electrons. The van der Waals surface area contributed by atoms with Gasteiger partial charge in [0.05, 0.1) is 5.39 Å². The van der Waals surface area contributed by atoms with Gasteiger partial charge in [-0.2, -0.15) is 0 Å². The van der Waals surface area contributed by atoms with Crippen molar-refractivity contribution in [2.45, 2.75) is 58.3 Å². The smallest absolute Gasteiger partial charge is 0.412 e. The summed E-state index contributed by atoms with van der Waals surface area (Å²) in [6.45, 7) is 4.26. The first-order valence-electron chi connectivity index (χ1n) is 17.9. The highest BCUT2D eigenvalue weighted by molar-refractivity contribution is 5.81. The van der Waals surface area contributed by atoms with E-state index in [4.69, 9.17) is 9.15 Å². The largest absolute Gasteiger partial charge is 0.456 e. The molecule has 0 saturated carbocycles. The molecule has 0 bridgehead atoms. The Morgan fingerprint density at radius 3 is 1.90 bits per heavy atom. The van der Waals surface area contributed by atoms with Crippen LogP contribution < -0.4 is 20.8 Å². The maximum atomic E-state index is 12.7. The predicted octanol–water partition coefficient (Wildman–Crippen LogP) is 9.07. The summed E-state index contributed by atoms with van der Waals surface area (Å²) in [5, 5.41) is 6.00. The van der Waals surface area contributed by atoms with Crippen LogP contribution in [-0.2, 0) is 4.79 Å². The highest BCUT2D eigenvalue weighted by Crippen LogP contribution is 2.24. The molecule has 0 fully saturated rings. The van der Waals surface area contributed by atoms with Gasteiger partial charge in [0.25, 0.3) is 0 Å². The summed E-state index contributed by atoms with van der Waals surface area (Å²) >= 11 is 0. The summed E-state index contributed by atoms with van der Waals surface area (Å²) in [6.07, 6.45) is 32.4. The molecule has 3 rings (SSSR count). The number of likely N-dealkylation sites (N-methyl/N-ethyl adjacent to an activating group) is 1. The predicted molar refractivity (Wildman–Crippen MR) is 210 cm³/mol. The average Bonchev–Trinajstić information content (AvgIpc) is 3.13. The van der Waals surface area contributed by atoms with Crippen molar-refractivity contribution >= 4 is 23.0 Å². The lowest BCUT2D eigenvalue weighted by atomic mass is 10.1. The molecule has 2 N–H and O–H groups in total. The minimum absolute atomic E-state index is 0.0188. The molecule has 8 heteroatoms. The second kappa shape index (κ2) is 24.8. The number of benzene rings is 2. The lowest BCUT2D eigenvalue weighted by molar-refractivity contribution is -0.121. The fourth-order valence-corrected chi connectivity index (χ4v) is 4.88. The molecule has 0 unspecified atom stereocenters. The fourth-order valence-electron chi connectivity index (χ4n) is 4.88. The number of carbonyl (C=O) groups excluding carboxylic acids is 2.